The van der Waals surface area contributed by atoms with Crippen LogP contribution in [0.1, 0.15) is 26.7 Å². The number of nitrogens with two attached hydrogens (primary N) is 1. The summed E-state index contributed by atoms with van der Waals surface area (Å²) in [5.41, 5.74) is 7.07. The van der Waals surface area contributed by atoms with Gasteiger partial charge < -0.3 is 15.5 Å². The van der Waals surface area contributed by atoms with Gasteiger partial charge in [0, 0.05) is 18.6 Å². The molecule has 2 heterocycles. The quantitative estimate of drug-likeness (QED) is 0.907. The maximum absolute atomic E-state index is 5.66. The topological polar surface area (TPSA) is 45.4 Å². The van der Waals surface area contributed by atoms with Gasteiger partial charge in [-0.2, -0.15) is 0 Å². The lowest BCUT2D eigenvalue weighted by Gasteiger charge is -2.45. The molecule has 106 valence electrons. The number of pyridine rings is 1. The van der Waals surface area contributed by atoms with E-state index in [2.05, 4.69) is 48.8 Å². The average Bonchev–Trinajstić information content (AvgIpc) is 2.39. The third-order valence-corrected chi connectivity index (χ3v) is 4.71. The van der Waals surface area contributed by atoms with E-state index in [0.29, 0.717) is 11.7 Å². The van der Waals surface area contributed by atoms with Crippen molar-refractivity contribution in [3.63, 3.8) is 0 Å². The predicted molar refractivity (Wildman–Crippen MR) is 81.4 cm³/mol. The van der Waals surface area contributed by atoms with Gasteiger partial charge in [0.25, 0.3) is 0 Å². The highest BCUT2D eigenvalue weighted by atomic mass is 15.2. The Morgan fingerprint density at radius 3 is 2.68 bits per heavy atom. The summed E-state index contributed by atoms with van der Waals surface area (Å²) in [7, 11) is 4.34. The molecule has 0 amide bonds. The molecule has 1 aromatic rings. The Morgan fingerprint density at radius 2 is 2.11 bits per heavy atom. The van der Waals surface area contributed by atoms with E-state index in [1.807, 2.05) is 12.3 Å². The monoisotopic (exact) mass is 262 g/mol. The second-order valence-corrected chi connectivity index (χ2v) is 6.27. The Bertz CT molecular complexity index is 411. The van der Waals surface area contributed by atoms with Crippen LogP contribution in [0.15, 0.2) is 18.3 Å². The second-order valence-electron chi connectivity index (χ2n) is 6.27. The first-order chi connectivity index (χ1) is 8.91. The fourth-order valence-corrected chi connectivity index (χ4v) is 2.74. The van der Waals surface area contributed by atoms with Gasteiger partial charge in [-0.3, -0.25) is 0 Å². The summed E-state index contributed by atoms with van der Waals surface area (Å²) in [6.07, 6.45) is 4.43. The Kier molecular flexibility index (Phi) is 3.99. The smallest absolute Gasteiger partial charge is 0.123 e. The summed E-state index contributed by atoms with van der Waals surface area (Å²) in [4.78, 5) is 8.97. The van der Waals surface area contributed by atoms with Crippen molar-refractivity contribution in [2.45, 2.75) is 32.2 Å². The van der Waals surface area contributed by atoms with Crippen LogP contribution in [0.2, 0.25) is 0 Å². The van der Waals surface area contributed by atoms with Crippen molar-refractivity contribution in [1.29, 1.82) is 0 Å². The number of hydrogen-bond acceptors (Lipinski definition) is 4. The molecule has 1 aromatic heterocycles. The molecule has 19 heavy (non-hydrogen) atoms. The Morgan fingerprint density at radius 1 is 1.37 bits per heavy atom. The third kappa shape index (κ3) is 3.00. The van der Waals surface area contributed by atoms with Gasteiger partial charge in [0.15, 0.2) is 0 Å². The number of nitrogen functional groups attached to an aromatic ring is 1. The van der Waals surface area contributed by atoms with E-state index < -0.39 is 0 Å². The van der Waals surface area contributed by atoms with Gasteiger partial charge in [-0.05, 0) is 58.8 Å². The van der Waals surface area contributed by atoms with Gasteiger partial charge in [-0.25, -0.2) is 4.98 Å². The summed E-state index contributed by atoms with van der Waals surface area (Å²) in [6, 6.07) is 3.96. The number of hydrogen-bond donors (Lipinski definition) is 1. The molecule has 0 aliphatic carbocycles. The molecule has 0 radical (unpaired) electrons. The standard InChI is InChI=1S/C15H26N4/c1-15(2,18(3)4)12-6-5-9-19(11-12)13-7-8-14(16)17-10-13/h7-8,10,12H,5-6,9,11H2,1-4H3,(H2,16,17). The van der Waals surface area contributed by atoms with Gasteiger partial charge in [0.05, 0.1) is 11.9 Å². The van der Waals surface area contributed by atoms with Crippen LogP contribution in [0.5, 0.6) is 0 Å². The van der Waals surface area contributed by atoms with Crippen molar-refractivity contribution in [3.8, 4) is 0 Å². The van der Waals surface area contributed by atoms with Gasteiger partial charge in [0.1, 0.15) is 5.82 Å². The summed E-state index contributed by atoms with van der Waals surface area (Å²) in [5, 5.41) is 0. The van der Waals surface area contributed by atoms with Crippen LogP contribution in [-0.2, 0) is 0 Å². The molecule has 1 aliphatic heterocycles. The normalized spacial score (nSPS) is 20.9. The fourth-order valence-electron chi connectivity index (χ4n) is 2.74. The highest BCUT2D eigenvalue weighted by Gasteiger charge is 2.34. The maximum Gasteiger partial charge on any atom is 0.123 e. The zero-order valence-electron chi connectivity index (χ0n) is 12.6. The van der Waals surface area contributed by atoms with E-state index in [1.165, 1.54) is 18.5 Å². The summed E-state index contributed by atoms with van der Waals surface area (Å²) in [5.74, 6) is 1.26. The summed E-state index contributed by atoms with van der Waals surface area (Å²) >= 11 is 0. The van der Waals surface area contributed by atoms with E-state index in [-0.39, 0.29) is 5.54 Å². The minimum atomic E-state index is 0.222. The number of aromatic nitrogens is 1. The van der Waals surface area contributed by atoms with Crippen molar-refractivity contribution in [3.05, 3.63) is 18.3 Å². The van der Waals surface area contributed by atoms with E-state index in [4.69, 9.17) is 5.73 Å². The van der Waals surface area contributed by atoms with E-state index in [9.17, 15) is 0 Å². The largest absolute Gasteiger partial charge is 0.384 e. The number of nitrogens with zero attached hydrogens (tertiary/aromatic N) is 3. The Balaban J connectivity index is 2.11. The van der Waals surface area contributed by atoms with Crippen LogP contribution >= 0.6 is 0 Å². The SMILES string of the molecule is CN(C)C(C)(C)C1CCCN(c2ccc(N)nc2)C1. The molecule has 4 heteroatoms. The van der Waals surface area contributed by atoms with Crippen LogP contribution in [0, 0.1) is 5.92 Å². The third-order valence-electron chi connectivity index (χ3n) is 4.71. The van der Waals surface area contributed by atoms with Crippen molar-refractivity contribution in [2.75, 3.05) is 37.8 Å². The lowest BCUT2D eigenvalue weighted by molar-refractivity contribution is 0.104. The molecule has 2 N–H and O–H groups in total. The van der Waals surface area contributed by atoms with E-state index >= 15 is 0 Å². The van der Waals surface area contributed by atoms with Gasteiger partial charge in [0.2, 0.25) is 0 Å². The van der Waals surface area contributed by atoms with Gasteiger partial charge in [-0.1, -0.05) is 0 Å². The first-order valence-corrected chi connectivity index (χ1v) is 7.05. The Hall–Kier alpha value is -1.29. The predicted octanol–water partition coefficient (Wildman–Crippen LogP) is 2.22. The second kappa shape index (κ2) is 5.37. The van der Waals surface area contributed by atoms with Crippen molar-refractivity contribution in [2.24, 2.45) is 5.92 Å². The van der Waals surface area contributed by atoms with Crippen molar-refractivity contribution < 1.29 is 0 Å². The first-order valence-electron chi connectivity index (χ1n) is 7.05. The van der Waals surface area contributed by atoms with Crippen molar-refractivity contribution >= 4 is 11.5 Å². The zero-order chi connectivity index (χ0) is 14.0. The summed E-state index contributed by atoms with van der Waals surface area (Å²) in [6.45, 7) is 6.88. The minimum absolute atomic E-state index is 0.222. The minimum Gasteiger partial charge on any atom is -0.384 e. The zero-order valence-corrected chi connectivity index (χ0v) is 12.6. The van der Waals surface area contributed by atoms with Gasteiger partial charge in [-0.15, -0.1) is 0 Å². The van der Waals surface area contributed by atoms with E-state index in [0.717, 1.165) is 13.1 Å². The number of anilines is 2. The Labute approximate surface area is 116 Å². The molecular weight excluding hydrogens is 236 g/mol. The molecular formula is C15H26N4. The molecule has 1 unspecified atom stereocenters. The van der Waals surface area contributed by atoms with E-state index in [1.54, 1.807) is 0 Å². The molecule has 0 bridgehead atoms. The first kappa shape index (κ1) is 14.1. The number of rotatable bonds is 3. The van der Waals surface area contributed by atoms with Crippen molar-refractivity contribution in [1.82, 2.24) is 9.88 Å². The highest BCUT2D eigenvalue weighted by Crippen LogP contribution is 2.32. The highest BCUT2D eigenvalue weighted by molar-refractivity contribution is 5.48. The molecule has 0 aromatic carbocycles. The average molecular weight is 262 g/mol. The maximum atomic E-state index is 5.66. The lowest BCUT2D eigenvalue weighted by atomic mass is 9.80. The molecule has 1 atom stereocenters. The van der Waals surface area contributed by atoms with Crippen LogP contribution in [-0.4, -0.2) is 42.6 Å². The molecule has 0 saturated carbocycles. The molecule has 1 fully saturated rings. The molecule has 0 spiro atoms. The summed E-state index contributed by atoms with van der Waals surface area (Å²) < 4.78 is 0. The van der Waals surface area contributed by atoms with Crippen LogP contribution < -0.4 is 10.6 Å². The lowest BCUT2D eigenvalue weighted by Crippen LogP contribution is -2.51. The van der Waals surface area contributed by atoms with Gasteiger partial charge >= 0.3 is 0 Å². The number of piperidine rings is 1. The van der Waals surface area contributed by atoms with Crippen LogP contribution in [0.25, 0.3) is 0 Å². The molecule has 1 saturated heterocycles. The fraction of sp³-hybridized carbons (Fsp3) is 0.667. The van der Waals surface area contributed by atoms with Crippen LogP contribution in [0.4, 0.5) is 11.5 Å². The molecule has 1 aliphatic rings. The molecule has 2 rings (SSSR count). The molecule has 4 nitrogen and oxygen atoms in total. The van der Waals surface area contributed by atoms with Crippen LogP contribution in [0.3, 0.4) is 0 Å².